The quantitative estimate of drug-likeness (QED) is 0.850. The van der Waals surface area contributed by atoms with Gasteiger partial charge < -0.3 is 0 Å². The number of benzene rings is 1. The van der Waals surface area contributed by atoms with Gasteiger partial charge in [0.25, 0.3) is 0 Å². The molecule has 0 aromatic heterocycles. The Morgan fingerprint density at radius 2 is 1.86 bits per heavy atom. The van der Waals surface area contributed by atoms with E-state index in [0.29, 0.717) is 13.1 Å². The van der Waals surface area contributed by atoms with Crippen molar-refractivity contribution in [2.45, 2.75) is 49.6 Å². The topological polar surface area (TPSA) is 40.6 Å². The molecule has 120 valence electrons. The second-order valence-electron chi connectivity index (χ2n) is 6.67. The summed E-state index contributed by atoms with van der Waals surface area (Å²) in [5.74, 6) is -0.211. The fraction of sp³-hybridized carbons (Fsp3) is 0.625. The molecule has 0 bridgehead atoms. The summed E-state index contributed by atoms with van der Waals surface area (Å²) in [6.45, 7) is 2.24. The highest BCUT2D eigenvalue weighted by molar-refractivity contribution is 7.90. The number of hydrogen-bond donors (Lipinski definition) is 0. The maximum absolute atomic E-state index is 13.3. The molecule has 2 atom stereocenters. The molecule has 0 unspecified atom stereocenters. The standard InChI is InChI=1S/C16H21FN2O2S/c17-13-3-1-2-12(10-13)11-18-8-6-16-15(18)7-9-19(16)22(20,21)14-4-5-14/h1-3,10,14-16H,4-9,11H2/t15-,16+/m1/s1. The molecule has 1 aliphatic carbocycles. The third-order valence-corrected chi connectivity index (χ3v) is 7.61. The third kappa shape index (κ3) is 2.47. The second-order valence-corrected chi connectivity index (χ2v) is 8.83. The Balaban J connectivity index is 1.48. The average molecular weight is 324 g/mol. The van der Waals surface area contributed by atoms with E-state index in [-0.39, 0.29) is 23.2 Å². The van der Waals surface area contributed by atoms with Crippen LogP contribution in [-0.4, -0.2) is 48.0 Å². The summed E-state index contributed by atoms with van der Waals surface area (Å²) in [5.41, 5.74) is 0.962. The van der Waals surface area contributed by atoms with E-state index < -0.39 is 10.0 Å². The highest BCUT2D eigenvalue weighted by Gasteiger charge is 2.50. The molecule has 0 N–H and O–H groups in total. The predicted molar refractivity (Wildman–Crippen MR) is 82.3 cm³/mol. The smallest absolute Gasteiger partial charge is 0.217 e. The Kier molecular flexibility index (Phi) is 3.51. The number of nitrogens with zero attached hydrogens (tertiary/aromatic N) is 2. The van der Waals surface area contributed by atoms with E-state index in [4.69, 9.17) is 0 Å². The summed E-state index contributed by atoms with van der Waals surface area (Å²) >= 11 is 0. The lowest BCUT2D eigenvalue weighted by Crippen LogP contribution is -2.41. The third-order valence-electron chi connectivity index (χ3n) is 5.19. The number of halogens is 1. The molecule has 2 aliphatic heterocycles. The average Bonchev–Trinajstić information content (AvgIpc) is 3.14. The number of likely N-dealkylation sites (tertiary alicyclic amines) is 1. The van der Waals surface area contributed by atoms with Crippen LogP contribution in [0.15, 0.2) is 24.3 Å². The van der Waals surface area contributed by atoms with Crippen LogP contribution in [-0.2, 0) is 16.6 Å². The fourth-order valence-corrected chi connectivity index (χ4v) is 6.07. The largest absolute Gasteiger partial charge is 0.294 e. The molecule has 1 saturated carbocycles. The first-order valence-corrected chi connectivity index (χ1v) is 9.55. The lowest BCUT2D eigenvalue weighted by molar-refractivity contribution is 0.240. The van der Waals surface area contributed by atoms with Crippen molar-refractivity contribution in [3.63, 3.8) is 0 Å². The van der Waals surface area contributed by atoms with Crippen molar-refractivity contribution in [1.29, 1.82) is 0 Å². The van der Waals surface area contributed by atoms with Gasteiger partial charge in [0, 0.05) is 31.7 Å². The molecule has 6 heteroatoms. The van der Waals surface area contributed by atoms with Crippen LogP contribution in [0.2, 0.25) is 0 Å². The molecule has 0 radical (unpaired) electrons. The monoisotopic (exact) mass is 324 g/mol. The highest BCUT2D eigenvalue weighted by Crippen LogP contribution is 2.39. The molecule has 0 amide bonds. The van der Waals surface area contributed by atoms with E-state index in [2.05, 4.69) is 4.90 Å². The van der Waals surface area contributed by atoms with Crippen molar-refractivity contribution in [1.82, 2.24) is 9.21 Å². The molecule has 4 rings (SSSR count). The van der Waals surface area contributed by atoms with Crippen LogP contribution in [0.1, 0.15) is 31.2 Å². The summed E-state index contributed by atoms with van der Waals surface area (Å²) in [4.78, 5) is 2.32. The SMILES string of the molecule is O=S(=O)(C1CC1)N1CC[C@@H]2[C@@H]1CCN2Cc1cccc(F)c1. The Hall–Kier alpha value is -0.980. The van der Waals surface area contributed by atoms with Crippen LogP contribution in [0.5, 0.6) is 0 Å². The molecule has 22 heavy (non-hydrogen) atoms. The van der Waals surface area contributed by atoms with E-state index >= 15 is 0 Å². The summed E-state index contributed by atoms with van der Waals surface area (Å²) in [7, 11) is -3.08. The zero-order valence-electron chi connectivity index (χ0n) is 12.5. The maximum Gasteiger partial charge on any atom is 0.217 e. The minimum absolute atomic E-state index is 0.122. The van der Waals surface area contributed by atoms with Gasteiger partial charge in [-0.3, -0.25) is 4.90 Å². The lowest BCUT2D eigenvalue weighted by Gasteiger charge is -2.25. The summed E-state index contributed by atoms with van der Waals surface area (Å²) in [5, 5.41) is -0.122. The van der Waals surface area contributed by atoms with Crippen LogP contribution in [0.25, 0.3) is 0 Å². The van der Waals surface area contributed by atoms with Crippen molar-refractivity contribution >= 4 is 10.0 Å². The van der Waals surface area contributed by atoms with E-state index in [9.17, 15) is 12.8 Å². The van der Waals surface area contributed by atoms with Crippen LogP contribution in [0, 0.1) is 5.82 Å². The number of hydrogen-bond acceptors (Lipinski definition) is 3. The summed E-state index contributed by atoms with van der Waals surface area (Å²) in [6.07, 6.45) is 3.43. The van der Waals surface area contributed by atoms with Gasteiger partial charge in [0.2, 0.25) is 10.0 Å². The normalized spacial score (nSPS) is 29.9. The lowest BCUT2D eigenvalue weighted by atomic mass is 10.1. The first kappa shape index (κ1) is 14.6. The van der Waals surface area contributed by atoms with Crippen molar-refractivity contribution in [3.05, 3.63) is 35.6 Å². The zero-order chi connectivity index (χ0) is 15.3. The van der Waals surface area contributed by atoms with Crippen molar-refractivity contribution in [3.8, 4) is 0 Å². The Morgan fingerprint density at radius 1 is 1.09 bits per heavy atom. The van der Waals surface area contributed by atoms with Crippen LogP contribution in [0.4, 0.5) is 4.39 Å². The molecule has 3 fully saturated rings. The van der Waals surface area contributed by atoms with Gasteiger partial charge >= 0.3 is 0 Å². The first-order chi connectivity index (χ1) is 10.6. The molecule has 0 spiro atoms. The van der Waals surface area contributed by atoms with Gasteiger partial charge in [-0.2, -0.15) is 4.31 Å². The minimum Gasteiger partial charge on any atom is -0.294 e. The van der Waals surface area contributed by atoms with E-state index in [0.717, 1.165) is 37.8 Å². The van der Waals surface area contributed by atoms with Crippen molar-refractivity contribution < 1.29 is 12.8 Å². The number of sulfonamides is 1. The van der Waals surface area contributed by atoms with Gasteiger partial charge in [-0.25, -0.2) is 12.8 Å². The van der Waals surface area contributed by atoms with E-state index in [1.54, 1.807) is 16.4 Å². The van der Waals surface area contributed by atoms with Gasteiger partial charge in [0.05, 0.1) is 5.25 Å². The molecule has 4 nitrogen and oxygen atoms in total. The van der Waals surface area contributed by atoms with Gasteiger partial charge in [-0.05, 0) is 43.4 Å². The van der Waals surface area contributed by atoms with Gasteiger partial charge in [0.15, 0.2) is 0 Å². The maximum atomic E-state index is 13.3. The first-order valence-electron chi connectivity index (χ1n) is 8.05. The fourth-order valence-electron chi connectivity index (χ4n) is 3.98. The molecular weight excluding hydrogens is 303 g/mol. The molecule has 2 heterocycles. The van der Waals surface area contributed by atoms with Crippen LogP contribution < -0.4 is 0 Å². The Morgan fingerprint density at radius 3 is 2.59 bits per heavy atom. The summed E-state index contributed by atoms with van der Waals surface area (Å²) in [6, 6.07) is 7.10. The van der Waals surface area contributed by atoms with E-state index in [1.807, 2.05) is 6.07 Å². The zero-order valence-corrected chi connectivity index (χ0v) is 13.3. The van der Waals surface area contributed by atoms with E-state index in [1.165, 1.54) is 6.07 Å². The molecular formula is C16H21FN2O2S. The van der Waals surface area contributed by atoms with Gasteiger partial charge in [-0.1, -0.05) is 12.1 Å². The minimum atomic E-state index is -3.08. The Bertz CT molecular complexity index is 674. The molecule has 3 aliphatic rings. The predicted octanol–water partition coefficient (Wildman–Crippen LogP) is 1.97. The Labute approximate surface area is 131 Å². The number of fused-ring (bicyclic) bond motifs is 1. The van der Waals surface area contributed by atoms with Crippen molar-refractivity contribution in [2.24, 2.45) is 0 Å². The summed E-state index contributed by atoms with van der Waals surface area (Å²) < 4.78 is 40.1. The van der Waals surface area contributed by atoms with Crippen LogP contribution in [0.3, 0.4) is 0 Å². The molecule has 1 aromatic rings. The highest BCUT2D eigenvalue weighted by atomic mass is 32.2. The molecule has 2 saturated heterocycles. The number of rotatable bonds is 4. The van der Waals surface area contributed by atoms with Crippen LogP contribution >= 0.6 is 0 Å². The second kappa shape index (κ2) is 5.28. The van der Waals surface area contributed by atoms with Crippen molar-refractivity contribution in [2.75, 3.05) is 13.1 Å². The van der Waals surface area contributed by atoms with Gasteiger partial charge in [-0.15, -0.1) is 0 Å². The molecule has 1 aromatic carbocycles. The van der Waals surface area contributed by atoms with Gasteiger partial charge in [0.1, 0.15) is 5.82 Å².